The molecule has 1 N–H and O–H groups in total. The molecule has 4 saturated carbocycles. The van der Waals surface area contributed by atoms with Crippen LogP contribution >= 0.6 is 0 Å². The van der Waals surface area contributed by atoms with Gasteiger partial charge in [0.05, 0.1) is 13.2 Å². The predicted molar refractivity (Wildman–Crippen MR) is 125 cm³/mol. The summed E-state index contributed by atoms with van der Waals surface area (Å²) in [5.41, 5.74) is -2.08. The molecule has 11 nitrogen and oxygen atoms in total. The first kappa shape index (κ1) is 40.0. The Morgan fingerprint density at radius 1 is 0.700 bits per heavy atom. The molecule has 1 aliphatic heterocycles. The summed E-state index contributed by atoms with van der Waals surface area (Å²) < 4.78 is 240. The fourth-order valence-electron chi connectivity index (χ4n) is 6.83. The van der Waals surface area contributed by atoms with Crippen molar-refractivity contribution in [3.8, 4) is 0 Å². The van der Waals surface area contributed by atoms with Crippen LogP contribution in [0.3, 0.4) is 0 Å². The molecule has 288 valence electrons. The Bertz CT molecular complexity index is 1460. The number of carbonyl (C=O) groups excluding carboxylic acids is 3. The summed E-state index contributed by atoms with van der Waals surface area (Å²) in [6.07, 6.45) is -23.1. The molecule has 0 amide bonds. The Hall–Kier alpha value is -2.74. The van der Waals surface area contributed by atoms with E-state index in [9.17, 15) is 84.3 Å². The number of alkyl halides is 14. The molecule has 4 bridgehead atoms. The lowest BCUT2D eigenvalue weighted by molar-refractivity contribution is -0.403. The number of carbonyl (C=O) groups is 3. The summed E-state index contributed by atoms with van der Waals surface area (Å²) in [6, 6.07) is 0. The van der Waals surface area contributed by atoms with Crippen molar-refractivity contribution in [2.45, 2.75) is 85.0 Å². The van der Waals surface area contributed by atoms with Crippen LogP contribution in [-0.2, 0) is 48.2 Å². The topological polar surface area (TPSA) is 152 Å². The van der Waals surface area contributed by atoms with Crippen LogP contribution in [0.1, 0.15) is 32.1 Å². The smallest absolute Gasteiger partial charge is 0.460 e. The van der Waals surface area contributed by atoms with Crippen LogP contribution in [0.2, 0.25) is 0 Å². The molecule has 0 aromatic heterocycles. The van der Waals surface area contributed by atoms with Gasteiger partial charge in [0.2, 0.25) is 0 Å². The SMILES string of the molecule is O=C(OCC1COC2(OC1COC(=O)C(F)(F)C(F)(F)F)C1CC3CC2CC(OC(=O)C(F)(C(F)(F)F)S(=O)(=O)O)(C3)C1)C(F)(F)C(F)(F)F. The van der Waals surface area contributed by atoms with Crippen LogP contribution in [0.4, 0.5) is 61.5 Å². The molecule has 1 saturated heterocycles. The Kier molecular flexibility index (Phi) is 9.74. The van der Waals surface area contributed by atoms with Gasteiger partial charge in [0, 0.05) is 17.8 Å². The molecule has 0 aromatic carbocycles. The van der Waals surface area contributed by atoms with Crippen LogP contribution < -0.4 is 0 Å². The maximum atomic E-state index is 14.7. The average molecular weight is 784 g/mol. The zero-order valence-electron chi connectivity index (χ0n) is 24.3. The third-order valence-electron chi connectivity index (χ3n) is 8.98. The van der Waals surface area contributed by atoms with Gasteiger partial charge in [-0.3, -0.25) is 4.55 Å². The van der Waals surface area contributed by atoms with E-state index in [2.05, 4.69) is 9.47 Å². The highest BCUT2D eigenvalue weighted by Gasteiger charge is 2.75. The summed E-state index contributed by atoms with van der Waals surface area (Å²) in [7, 11) is -6.83. The van der Waals surface area contributed by atoms with Crippen molar-refractivity contribution < 1.29 is 113 Å². The van der Waals surface area contributed by atoms with E-state index in [1.54, 1.807) is 0 Å². The average Bonchev–Trinajstić information content (AvgIpc) is 2.94. The largest absolute Gasteiger partial charge is 0.465 e. The first-order valence-corrected chi connectivity index (χ1v) is 15.3. The first-order valence-electron chi connectivity index (χ1n) is 13.9. The molecule has 50 heavy (non-hydrogen) atoms. The summed E-state index contributed by atoms with van der Waals surface area (Å²) >= 11 is 0. The molecule has 0 radical (unpaired) electrons. The van der Waals surface area contributed by atoms with Crippen LogP contribution in [0.15, 0.2) is 0 Å². The van der Waals surface area contributed by atoms with E-state index in [0.29, 0.717) is 0 Å². The van der Waals surface area contributed by atoms with Crippen LogP contribution in [0.5, 0.6) is 0 Å². The van der Waals surface area contributed by atoms with Gasteiger partial charge < -0.3 is 23.7 Å². The molecule has 26 heteroatoms. The maximum Gasteiger partial charge on any atom is 0.465 e. The lowest BCUT2D eigenvalue weighted by atomic mass is 9.51. The molecule has 1 spiro atoms. The number of halogens is 14. The lowest BCUT2D eigenvalue weighted by Gasteiger charge is -2.65. The van der Waals surface area contributed by atoms with Gasteiger partial charge in [-0.15, -0.1) is 0 Å². The normalized spacial score (nSPS) is 33.1. The van der Waals surface area contributed by atoms with Crippen molar-refractivity contribution in [2.24, 2.45) is 23.7 Å². The van der Waals surface area contributed by atoms with Gasteiger partial charge in [-0.05, 0) is 38.0 Å². The quantitative estimate of drug-likeness (QED) is 0.153. The third-order valence-corrected chi connectivity index (χ3v) is 10.1. The van der Waals surface area contributed by atoms with Gasteiger partial charge in [0.25, 0.3) is 0 Å². The zero-order chi connectivity index (χ0) is 38.3. The summed E-state index contributed by atoms with van der Waals surface area (Å²) in [4.78, 5) is 35.5. The first-order chi connectivity index (χ1) is 22.3. The number of hydrogen-bond donors (Lipinski definition) is 1. The van der Waals surface area contributed by atoms with Crippen molar-refractivity contribution in [3.63, 3.8) is 0 Å². The molecule has 5 aliphatic rings. The van der Waals surface area contributed by atoms with Gasteiger partial charge in [0.15, 0.2) is 5.79 Å². The third kappa shape index (κ3) is 6.56. The number of esters is 3. The number of hydrogen-bond acceptors (Lipinski definition) is 10. The molecule has 1 heterocycles. The van der Waals surface area contributed by atoms with Crippen molar-refractivity contribution in [1.82, 2.24) is 0 Å². The lowest BCUT2D eigenvalue weighted by Crippen LogP contribution is -2.70. The number of rotatable bonds is 9. The zero-order valence-corrected chi connectivity index (χ0v) is 25.1. The molecular formula is C24H22F14O11S. The molecule has 4 aliphatic carbocycles. The van der Waals surface area contributed by atoms with E-state index >= 15 is 0 Å². The van der Waals surface area contributed by atoms with Crippen molar-refractivity contribution in [1.29, 1.82) is 0 Å². The molecule has 5 atom stereocenters. The van der Waals surface area contributed by atoms with Crippen LogP contribution in [0, 0.1) is 23.7 Å². The van der Waals surface area contributed by atoms with E-state index < -0.39 is 137 Å². The minimum atomic E-state index is -6.83. The number of ether oxygens (including phenoxy) is 5. The monoisotopic (exact) mass is 784 g/mol. The maximum absolute atomic E-state index is 14.7. The van der Waals surface area contributed by atoms with Gasteiger partial charge in [-0.25, -0.2) is 18.8 Å². The second-order valence-corrected chi connectivity index (χ2v) is 13.8. The highest BCUT2D eigenvalue weighted by molar-refractivity contribution is 7.88. The van der Waals surface area contributed by atoms with Crippen molar-refractivity contribution in [2.75, 3.05) is 19.8 Å². The molecule has 0 aromatic rings. The van der Waals surface area contributed by atoms with Gasteiger partial charge >= 0.3 is 63.4 Å². The standard InChI is InChI=1S/C24H22F14O11S/c25-19(26,22(30,31)32)14(39)45-6-10-7-47-18(48-13(10)8-46-15(40)20(27,28)23(33,34)35)11-1-9-2-12(18)5-17(3-9,4-11)49-16(41)21(29,24(36,37)38)50(42,43)44/h9-13H,1-8H2,(H,42,43,44). The van der Waals surface area contributed by atoms with Gasteiger partial charge in [-0.2, -0.15) is 65.5 Å². The van der Waals surface area contributed by atoms with Crippen molar-refractivity contribution >= 4 is 28.0 Å². The fraction of sp³-hybridized carbons (Fsp3) is 0.875. The highest BCUT2D eigenvalue weighted by atomic mass is 32.2. The van der Waals surface area contributed by atoms with E-state index in [1.807, 2.05) is 0 Å². The highest BCUT2D eigenvalue weighted by Crippen LogP contribution is 2.64. The summed E-state index contributed by atoms with van der Waals surface area (Å²) in [6.45, 7) is -4.05. The second kappa shape index (κ2) is 12.2. The Morgan fingerprint density at radius 2 is 1.16 bits per heavy atom. The van der Waals surface area contributed by atoms with Crippen LogP contribution in [-0.4, -0.2) is 104 Å². The van der Waals surface area contributed by atoms with Crippen molar-refractivity contribution in [3.05, 3.63) is 0 Å². The van der Waals surface area contributed by atoms with E-state index in [0.717, 1.165) is 0 Å². The van der Waals surface area contributed by atoms with E-state index in [-0.39, 0.29) is 19.3 Å². The second-order valence-electron chi connectivity index (χ2n) is 12.3. The molecule has 5 rings (SSSR count). The summed E-state index contributed by atoms with van der Waals surface area (Å²) in [5, 5.41) is -5.93. The summed E-state index contributed by atoms with van der Waals surface area (Å²) in [5.74, 6) is -28.5. The predicted octanol–water partition coefficient (Wildman–Crippen LogP) is 4.43. The molecule has 5 unspecified atom stereocenters. The molecular weight excluding hydrogens is 762 g/mol. The van der Waals surface area contributed by atoms with E-state index in [1.165, 1.54) is 0 Å². The fourth-order valence-corrected chi connectivity index (χ4v) is 7.37. The minimum absolute atomic E-state index is 0.0375. The Labute approximate surface area is 269 Å². The minimum Gasteiger partial charge on any atom is -0.460 e. The Balaban J connectivity index is 1.59. The van der Waals surface area contributed by atoms with Gasteiger partial charge in [0.1, 0.15) is 18.3 Å². The van der Waals surface area contributed by atoms with Crippen LogP contribution in [0.25, 0.3) is 0 Å². The van der Waals surface area contributed by atoms with E-state index in [4.69, 9.17) is 18.8 Å². The van der Waals surface area contributed by atoms with Gasteiger partial charge in [-0.1, -0.05) is 0 Å². The Morgan fingerprint density at radius 3 is 1.58 bits per heavy atom. The molecule has 5 fully saturated rings.